The molecule has 254 valence electrons. The number of benzene rings is 4. The maximum atomic E-state index is 15.3. The van der Waals surface area contributed by atoms with Gasteiger partial charge in [-0.2, -0.15) is 10.2 Å². The Morgan fingerprint density at radius 3 is 2.12 bits per heavy atom. The number of nitrogens with zero attached hydrogens (tertiary/aromatic N) is 4. The van der Waals surface area contributed by atoms with Crippen molar-refractivity contribution in [3.63, 3.8) is 0 Å². The van der Waals surface area contributed by atoms with Gasteiger partial charge in [0.1, 0.15) is 6.17 Å². The number of halogens is 1. The lowest BCUT2D eigenvalue weighted by Crippen LogP contribution is -2.51. The summed E-state index contributed by atoms with van der Waals surface area (Å²) >= 11 is 3.89. The fourth-order valence-corrected chi connectivity index (χ4v) is 8.08. The number of hydrogen-bond donors (Lipinski definition) is 0. The summed E-state index contributed by atoms with van der Waals surface area (Å²) in [5.41, 5.74) is 7.70. The highest BCUT2D eigenvalue weighted by Gasteiger charge is 2.60. The Bertz CT molecular complexity index is 1860. The number of ether oxygens (including phenoxy) is 1. The third kappa shape index (κ3) is 6.31. The van der Waals surface area contributed by atoms with Crippen LogP contribution in [0.2, 0.25) is 0 Å². The SMILES string of the molecule is COC(=O)c1ccc(N=N[C@]23CCN(C(=O)c4c(C(C)C)cc(C(C)C)cc4C(C)C)[C@H]2N(Cc2ccccc2)c2cccc(Br)c23)cc1. The number of amides is 1. The molecule has 2 heterocycles. The Balaban J connectivity index is 1.52. The number of esters is 1. The zero-order valence-corrected chi connectivity index (χ0v) is 31.0. The van der Waals surface area contributed by atoms with Gasteiger partial charge in [0.25, 0.3) is 5.91 Å². The standard InChI is InChI=1S/C41H45BrN4O3/c1-25(2)30-22-32(26(3)4)36(33(23-30)27(5)6)38(47)45-21-20-41(44-43-31-18-16-29(17-19-31)39(48)49-7)37-34(42)14-11-15-35(37)46(40(41)45)24-28-12-9-8-10-13-28/h8-19,22-23,25-27,40H,20-21,24H2,1-7H3/t40-,41-/m0/s1. The van der Waals surface area contributed by atoms with Crippen LogP contribution in [-0.2, 0) is 16.8 Å². The van der Waals surface area contributed by atoms with Crippen molar-refractivity contribution in [3.8, 4) is 0 Å². The van der Waals surface area contributed by atoms with Gasteiger partial charge in [-0.15, -0.1) is 0 Å². The molecule has 0 aromatic heterocycles. The molecule has 7 nitrogen and oxygen atoms in total. The summed E-state index contributed by atoms with van der Waals surface area (Å²) in [6, 6.07) is 28.0. The van der Waals surface area contributed by atoms with Crippen LogP contribution < -0.4 is 4.90 Å². The zero-order chi connectivity index (χ0) is 35.0. The molecule has 0 N–H and O–H groups in total. The monoisotopic (exact) mass is 720 g/mol. The van der Waals surface area contributed by atoms with Crippen LogP contribution in [0.15, 0.2) is 99.6 Å². The van der Waals surface area contributed by atoms with Crippen molar-refractivity contribution in [1.29, 1.82) is 0 Å². The quantitative estimate of drug-likeness (QED) is 0.127. The van der Waals surface area contributed by atoms with Crippen LogP contribution in [0.5, 0.6) is 0 Å². The lowest BCUT2D eigenvalue weighted by Gasteiger charge is -2.37. The van der Waals surface area contributed by atoms with E-state index in [9.17, 15) is 4.79 Å². The number of carbonyl (C=O) groups is 2. The predicted octanol–water partition coefficient (Wildman–Crippen LogP) is 10.5. The molecule has 4 aromatic rings. The van der Waals surface area contributed by atoms with Gasteiger partial charge >= 0.3 is 5.97 Å². The van der Waals surface area contributed by atoms with E-state index in [0.29, 0.717) is 36.7 Å². The molecule has 1 fully saturated rings. The molecule has 8 heteroatoms. The third-order valence-electron chi connectivity index (χ3n) is 9.92. The fraction of sp³-hybridized carbons (Fsp3) is 0.366. The third-order valence-corrected chi connectivity index (χ3v) is 10.6. The molecule has 2 aliphatic rings. The van der Waals surface area contributed by atoms with Crippen LogP contribution in [0, 0.1) is 0 Å². The highest BCUT2D eigenvalue weighted by molar-refractivity contribution is 9.10. The Morgan fingerprint density at radius 1 is 0.878 bits per heavy atom. The molecule has 6 rings (SSSR count). The van der Waals surface area contributed by atoms with Crippen LogP contribution in [0.25, 0.3) is 0 Å². The summed E-state index contributed by atoms with van der Waals surface area (Å²) in [5.74, 6) is 0.328. The summed E-state index contributed by atoms with van der Waals surface area (Å²) in [6.45, 7) is 14.3. The first-order chi connectivity index (χ1) is 23.5. The van der Waals surface area contributed by atoms with Gasteiger partial charge in [-0.25, -0.2) is 4.79 Å². The van der Waals surface area contributed by atoms with Crippen LogP contribution in [0.4, 0.5) is 11.4 Å². The van der Waals surface area contributed by atoms with E-state index in [1.165, 1.54) is 12.7 Å². The average molecular weight is 722 g/mol. The van der Waals surface area contributed by atoms with Gasteiger partial charge in [0.2, 0.25) is 0 Å². The minimum Gasteiger partial charge on any atom is -0.465 e. The first kappa shape index (κ1) is 34.6. The minimum absolute atomic E-state index is 0.0363. The van der Waals surface area contributed by atoms with Gasteiger partial charge in [0.15, 0.2) is 5.54 Å². The smallest absolute Gasteiger partial charge is 0.337 e. The Kier molecular flexibility index (Phi) is 9.81. The summed E-state index contributed by atoms with van der Waals surface area (Å²) in [7, 11) is 1.37. The molecule has 0 radical (unpaired) electrons. The number of carbonyl (C=O) groups excluding carboxylic acids is 2. The largest absolute Gasteiger partial charge is 0.465 e. The van der Waals surface area contributed by atoms with E-state index in [2.05, 4.69) is 110 Å². The second-order valence-electron chi connectivity index (χ2n) is 14.1. The molecule has 0 aliphatic carbocycles. The molecule has 1 amide bonds. The van der Waals surface area contributed by atoms with E-state index in [0.717, 1.165) is 38.0 Å². The number of azo groups is 1. The molecular weight excluding hydrogens is 676 g/mol. The molecule has 2 aliphatic heterocycles. The summed E-state index contributed by atoms with van der Waals surface area (Å²) in [4.78, 5) is 31.7. The molecule has 1 saturated heterocycles. The van der Waals surface area contributed by atoms with Crippen molar-refractivity contribution in [2.45, 2.75) is 84.0 Å². The van der Waals surface area contributed by atoms with E-state index >= 15 is 4.79 Å². The molecule has 4 aromatic carbocycles. The van der Waals surface area contributed by atoms with E-state index in [4.69, 9.17) is 15.0 Å². The van der Waals surface area contributed by atoms with Gasteiger partial charge in [-0.05, 0) is 76.4 Å². The van der Waals surface area contributed by atoms with E-state index in [1.54, 1.807) is 24.3 Å². The summed E-state index contributed by atoms with van der Waals surface area (Å²) in [5, 5.41) is 10.0. The number of likely N-dealkylation sites (tertiary alicyclic amines) is 1. The Labute approximate surface area is 298 Å². The van der Waals surface area contributed by atoms with Crippen molar-refractivity contribution in [2.24, 2.45) is 10.2 Å². The maximum absolute atomic E-state index is 15.3. The van der Waals surface area contributed by atoms with Gasteiger partial charge in [0, 0.05) is 40.8 Å². The lowest BCUT2D eigenvalue weighted by molar-refractivity contribution is 0.0600. The Morgan fingerprint density at radius 2 is 1.53 bits per heavy atom. The van der Waals surface area contributed by atoms with Crippen LogP contribution in [-0.4, -0.2) is 36.6 Å². The fourth-order valence-electron chi connectivity index (χ4n) is 7.38. The first-order valence-electron chi connectivity index (χ1n) is 17.2. The topological polar surface area (TPSA) is 74.6 Å². The predicted molar refractivity (Wildman–Crippen MR) is 199 cm³/mol. The number of fused-ring (bicyclic) bond motifs is 3. The lowest BCUT2D eigenvalue weighted by atomic mass is 9.84. The van der Waals surface area contributed by atoms with Crippen LogP contribution in [0.3, 0.4) is 0 Å². The molecule has 0 bridgehead atoms. The molecule has 49 heavy (non-hydrogen) atoms. The van der Waals surface area contributed by atoms with Gasteiger partial charge in [-0.1, -0.05) is 106 Å². The maximum Gasteiger partial charge on any atom is 0.337 e. The van der Waals surface area contributed by atoms with Gasteiger partial charge < -0.3 is 14.5 Å². The average Bonchev–Trinajstić information content (AvgIpc) is 3.60. The summed E-state index contributed by atoms with van der Waals surface area (Å²) < 4.78 is 5.82. The second-order valence-corrected chi connectivity index (χ2v) is 14.9. The normalized spacial score (nSPS) is 18.6. The van der Waals surface area contributed by atoms with Crippen LogP contribution >= 0.6 is 15.9 Å². The van der Waals surface area contributed by atoms with Crippen molar-refractivity contribution in [2.75, 3.05) is 18.6 Å². The second kappa shape index (κ2) is 13.9. The Hall–Kier alpha value is -4.30. The number of hydrogen-bond acceptors (Lipinski definition) is 6. The highest BCUT2D eigenvalue weighted by atomic mass is 79.9. The van der Waals surface area contributed by atoms with Gasteiger partial charge in [-0.3, -0.25) is 4.79 Å². The van der Waals surface area contributed by atoms with Crippen molar-refractivity contribution < 1.29 is 14.3 Å². The number of anilines is 1. The van der Waals surface area contributed by atoms with Crippen molar-refractivity contribution in [1.82, 2.24) is 4.90 Å². The number of rotatable bonds is 9. The van der Waals surface area contributed by atoms with E-state index in [1.807, 2.05) is 18.2 Å². The summed E-state index contributed by atoms with van der Waals surface area (Å²) in [6.07, 6.45) is 0.184. The van der Waals surface area contributed by atoms with Crippen molar-refractivity contribution >= 4 is 39.2 Å². The van der Waals surface area contributed by atoms with Crippen LogP contribution in [0.1, 0.15) is 114 Å². The molecule has 0 unspecified atom stereocenters. The zero-order valence-electron chi connectivity index (χ0n) is 29.4. The van der Waals surface area contributed by atoms with E-state index < -0.39 is 17.7 Å². The molecular formula is C41H45BrN4O3. The van der Waals surface area contributed by atoms with Gasteiger partial charge in [0.05, 0.1) is 18.4 Å². The highest BCUT2D eigenvalue weighted by Crippen LogP contribution is 2.57. The molecule has 2 atom stereocenters. The number of methoxy groups -OCH3 is 1. The molecule has 0 spiro atoms. The molecule has 0 saturated carbocycles. The first-order valence-corrected chi connectivity index (χ1v) is 18.0. The van der Waals surface area contributed by atoms with E-state index in [-0.39, 0.29) is 17.7 Å². The van der Waals surface area contributed by atoms with Crippen molar-refractivity contribution in [3.05, 3.63) is 128 Å². The minimum atomic E-state index is -0.839.